The van der Waals surface area contributed by atoms with Crippen molar-refractivity contribution in [2.45, 2.75) is 219 Å². The predicted octanol–water partition coefficient (Wildman–Crippen LogP) is 14.0. The average Bonchev–Trinajstić information content (AvgIpc) is 3.15. The first-order valence-corrected chi connectivity index (χ1v) is 22.1. The monoisotopic (exact) mass is 743 g/mol. The lowest BCUT2D eigenvalue weighted by molar-refractivity contribution is -0.167. The zero-order chi connectivity index (χ0) is 38.7. The van der Waals surface area contributed by atoms with E-state index in [9.17, 15) is 14.4 Å². The molecule has 0 N–H and O–H groups in total. The van der Waals surface area contributed by atoms with Crippen LogP contribution < -0.4 is 0 Å². The molecule has 0 fully saturated rings. The Hall–Kier alpha value is -2.63. The molecule has 0 amide bonds. The summed E-state index contributed by atoms with van der Waals surface area (Å²) in [5.74, 6) is -0.902. The van der Waals surface area contributed by atoms with Gasteiger partial charge >= 0.3 is 17.9 Å². The molecule has 0 aromatic heterocycles. The first-order chi connectivity index (χ1) is 26.0. The van der Waals surface area contributed by atoms with E-state index in [1.807, 2.05) is 0 Å². The Kier molecular flexibility index (Phi) is 40.0. The third kappa shape index (κ3) is 40.4. The molecule has 0 heterocycles. The molecular formula is C47H82O6. The molecule has 53 heavy (non-hydrogen) atoms. The lowest BCUT2D eigenvalue weighted by Gasteiger charge is -2.18. The Morgan fingerprint density at radius 2 is 0.736 bits per heavy atom. The van der Waals surface area contributed by atoms with Gasteiger partial charge in [0.2, 0.25) is 0 Å². The summed E-state index contributed by atoms with van der Waals surface area (Å²) in [4.78, 5) is 37.2. The number of hydrogen-bond acceptors (Lipinski definition) is 6. The van der Waals surface area contributed by atoms with Gasteiger partial charge in [-0.1, -0.05) is 185 Å². The quantitative estimate of drug-likeness (QED) is 0.0270. The highest BCUT2D eigenvalue weighted by molar-refractivity contribution is 5.71. The molecule has 0 saturated carbocycles. The Labute approximate surface area is 327 Å². The lowest BCUT2D eigenvalue weighted by Crippen LogP contribution is -2.30. The predicted molar refractivity (Wildman–Crippen MR) is 224 cm³/mol. The van der Waals surface area contributed by atoms with Gasteiger partial charge in [-0.25, -0.2) is 0 Å². The highest BCUT2D eigenvalue weighted by Crippen LogP contribution is 2.14. The Morgan fingerprint density at radius 3 is 1.15 bits per heavy atom. The van der Waals surface area contributed by atoms with Gasteiger partial charge in [-0.15, -0.1) is 0 Å². The summed E-state index contributed by atoms with van der Waals surface area (Å²) in [5, 5.41) is 0. The minimum absolute atomic E-state index is 0.0743. The summed E-state index contributed by atoms with van der Waals surface area (Å²) in [5.41, 5.74) is 0. The summed E-state index contributed by atoms with van der Waals surface area (Å²) >= 11 is 0. The minimum atomic E-state index is -0.764. The molecule has 0 radical (unpaired) electrons. The van der Waals surface area contributed by atoms with E-state index in [0.29, 0.717) is 19.3 Å². The molecule has 0 aromatic rings. The van der Waals surface area contributed by atoms with Crippen LogP contribution in [-0.2, 0) is 28.6 Å². The van der Waals surface area contributed by atoms with Crippen LogP contribution in [0.3, 0.4) is 0 Å². The van der Waals surface area contributed by atoms with E-state index in [4.69, 9.17) is 14.2 Å². The second-order valence-electron chi connectivity index (χ2n) is 14.6. The van der Waals surface area contributed by atoms with Crippen molar-refractivity contribution >= 4 is 17.9 Å². The number of carbonyl (C=O) groups excluding carboxylic acids is 3. The molecule has 0 rings (SSSR count). The van der Waals surface area contributed by atoms with Crippen LogP contribution in [0.4, 0.5) is 0 Å². The van der Waals surface area contributed by atoms with Gasteiger partial charge in [-0.3, -0.25) is 14.4 Å². The van der Waals surface area contributed by atoms with E-state index in [-0.39, 0.29) is 31.1 Å². The Balaban J connectivity index is 4.03. The summed E-state index contributed by atoms with van der Waals surface area (Å²) in [6, 6.07) is 0. The fourth-order valence-electron chi connectivity index (χ4n) is 6.02. The second kappa shape index (κ2) is 42.1. The second-order valence-corrected chi connectivity index (χ2v) is 14.6. The smallest absolute Gasteiger partial charge is 0.306 e. The fraction of sp³-hybridized carbons (Fsp3) is 0.766. The number of esters is 3. The maximum absolute atomic E-state index is 12.5. The molecule has 0 aliphatic rings. The maximum Gasteiger partial charge on any atom is 0.306 e. The maximum atomic E-state index is 12.5. The molecular weight excluding hydrogens is 661 g/mol. The van der Waals surface area contributed by atoms with Crippen LogP contribution in [0.1, 0.15) is 213 Å². The van der Waals surface area contributed by atoms with Gasteiger partial charge in [0, 0.05) is 19.3 Å². The first kappa shape index (κ1) is 50.4. The number of unbranched alkanes of at least 4 members (excludes halogenated alkanes) is 20. The number of allylic oxidation sites excluding steroid dienone is 8. The normalized spacial score (nSPS) is 12.4. The first-order valence-electron chi connectivity index (χ1n) is 22.1. The van der Waals surface area contributed by atoms with Crippen LogP contribution in [0.15, 0.2) is 48.6 Å². The number of rotatable bonds is 39. The Bertz CT molecular complexity index is 949. The standard InChI is InChI=1S/C47H82O6/c1-4-7-10-13-15-16-17-18-19-20-21-22-23-24-25-26-27-28-29-30-32-34-37-40-46(49)52-43-44(42-51-45(48)39-36-33-12-9-6-3)53-47(50)41-38-35-31-14-11-8-5-2/h7,10,15-16,18-19,21-22,44H,4-6,8-9,11-14,17,20,23-43H2,1-3H3/b10-7-,16-15-,19-18-,22-21-. The van der Waals surface area contributed by atoms with Gasteiger partial charge in [-0.05, 0) is 57.8 Å². The molecule has 0 spiro atoms. The summed E-state index contributed by atoms with van der Waals surface area (Å²) in [7, 11) is 0. The van der Waals surface area contributed by atoms with Crippen LogP contribution >= 0.6 is 0 Å². The van der Waals surface area contributed by atoms with Crippen LogP contribution in [0.25, 0.3) is 0 Å². The Morgan fingerprint density at radius 1 is 0.396 bits per heavy atom. The van der Waals surface area contributed by atoms with E-state index in [2.05, 4.69) is 69.4 Å². The number of hydrogen-bond donors (Lipinski definition) is 0. The summed E-state index contributed by atoms with van der Waals surface area (Å²) in [6.07, 6.45) is 48.6. The molecule has 1 atom stereocenters. The van der Waals surface area contributed by atoms with E-state index in [0.717, 1.165) is 89.9 Å². The van der Waals surface area contributed by atoms with Crippen molar-refractivity contribution in [1.82, 2.24) is 0 Å². The fourth-order valence-corrected chi connectivity index (χ4v) is 6.02. The van der Waals surface area contributed by atoms with Crippen molar-refractivity contribution in [3.05, 3.63) is 48.6 Å². The van der Waals surface area contributed by atoms with Gasteiger partial charge in [-0.2, -0.15) is 0 Å². The molecule has 6 nitrogen and oxygen atoms in total. The number of ether oxygens (including phenoxy) is 3. The van der Waals surface area contributed by atoms with Crippen molar-refractivity contribution in [2.75, 3.05) is 13.2 Å². The van der Waals surface area contributed by atoms with Crippen molar-refractivity contribution in [3.63, 3.8) is 0 Å². The zero-order valence-electron chi connectivity index (χ0n) is 34.8. The third-order valence-corrected chi connectivity index (χ3v) is 9.35. The van der Waals surface area contributed by atoms with Gasteiger partial charge in [0.15, 0.2) is 6.10 Å². The van der Waals surface area contributed by atoms with E-state index in [1.54, 1.807) is 0 Å². The van der Waals surface area contributed by atoms with Crippen LogP contribution in [-0.4, -0.2) is 37.2 Å². The van der Waals surface area contributed by atoms with Crippen molar-refractivity contribution in [3.8, 4) is 0 Å². The average molecular weight is 743 g/mol. The largest absolute Gasteiger partial charge is 0.462 e. The molecule has 6 heteroatoms. The van der Waals surface area contributed by atoms with Crippen molar-refractivity contribution < 1.29 is 28.6 Å². The van der Waals surface area contributed by atoms with Crippen LogP contribution in [0, 0.1) is 0 Å². The summed E-state index contributed by atoms with van der Waals surface area (Å²) < 4.78 is 16.5. The van der Waals surface area contributed by atoms with Crippen LogP contribution in [0.2, 0.25) is 0 Å². The highest BCUT2D eigenvalue weighted by Gasteiger charge is 2.19. The minimum Gasteiger partial charge on any atom is -0.462 e. The molecule has 1 unspecified atom stereocenters. The van der Waals surface area contributed by atoms with E-state index >= 15 is 0 Å². The van der Waals surface area contributed by atoms with Crippen LogP contribution in [0.5, 0.6) is 0 Å². The SMILES string of the molecule is CC/C=C\C/C=C\C/C=C\C/C=C\CCCCCCCCCCCCC(=O)OCC(COC(=O)CCCCCCC)OC(=O)CCCCCCCCC. The molecule has 0 saturated heterocycles. The molecule has 0 aliphatic heterocycles. The highest BCUT2D eigenvalue weighted by atomic mass is 16.6. The van der Waals surface area contributed by atoms with Gasteiger partial charge in [0.05, 0.1) is 0 Å². The topological polar surface area (TPSA) is 78.9 Å². The van der Waals surface area contributed by atoms with Crippen molar-refractivity contribution in [1.29, 1.82) is 0 Å². The lowest BCUT2D eigenvalue weighted by atomic mass is 10.1. The third-order valence-electron chi connectivity index (χ3n) is 9.35. The van der Waals surface area contributed by atoms with Gasteiger partial charge < -0.3 is 14.2 Å². The summed E-state index contributed by atoms with van der Waals surface area (Å²) in [6.45, 7) is 6.38. The molecule has 0 bridgehead atoms. The molecule has 0 aliphatic carbocycles. The molecule has 306 valence electrons. The number of carbonyl (C=O) groups is 3. The van der Waals surface area contributed by atoms with E-state index < -0.39 is 6.10 Å². The van der Waals surface area contributed by atoms with Gasteiger partial charge in [0.1, 0.15) is 13.2 Å². The van der Waals surface area contributed by atoms with Crippen molar-refractivity contribution in [2.24, 2.45) is 0 Å². The van der Waals surface area contributed by atoms with E-state index in [1.165, 1.54) is 83.5 Å². The van der Waals surface area contributed by atoms with Gasteiger partial charge in [0.25, 0.3) is 0 Å². The zero-order valence-corrected chi connectivity index (χ0v) is 34.8. The molecule has 0 aromatic carbocycles.